The molecule has 0 unspecified atom stereocenters. The number of hydrogen-bond acceptors (Lipinski definition) is 4. The lowest BCUT2D eigenvalue weighted by atomic mass is 10.2. The van der Waals surface area contributed by atoms with Crippen LogP contribution in [-0.2, 0) is 21.9 Å². The number of aromatic nitrogens is 1. The number of hydrogen-bond donors (Lipinski definition) is 0. The first-order chi connectivity index (χ1) is 11.2. The van der Waals surface area contributed by atoms with E-state index >= 15 is 0 Å². The minimum Gasteiger partial charge on any atom is -0.319 e. The number of aryl methyl sites for hydroxylation is 2. The van der Waals surface area contributed by atoms with Crippen LogP contribution in [0.5, 0.6) is 0 Å². The zero-order chi connectivity index (χ0) is 17.6. The Balaban J connectivity index is 2.08. The molecule has 0 spiro atoms. The van der Waals surface area contributed by atoms with Gasteiger partial charge in [0.1, 0.15) is 6.04 Å². The van der Waals surface area contributed by atoms with Gasteiger partial charge in [0.2, 0.25) is 10.0 Å². The van der Waals surface area contributed by atoms with Gasteiger partial charge in [-0.15, -0.1) is 0 Å². The van der Waals surface area contributed by atoms with Crippen molar-refractivity contribution >= 4 is 49.1 Å². The normalized spacial score (nSPS) is 20.2. The standard InChI is InChI=1S/C15H18ClN3O3S2/c1-9-6-7-10(16)13-12(9)18(2)15(23-13)17-14(20)11-5-4-8-19(11)24(3,21)22/h6-7,11H,4-5,8H2,1-3H3/t11-/m0/s1. The van der Waals surface area contributed by atoms with Crippen molar-refractivity contribution in [1.82, 2.24) is 8.87 Å². The molecule has 24 heavy (non-hydrogen) atoms. The van der Waals surface area contributed by atoms with Crippen LogP contribution in [0.1, 0.15) is 18.4 Å². The SMILES string of the molecule is Cc1ccc(Cl)c2sc(=NC(=O)[C@@H]3CCCN3S(C)(=O)=O)n(C)c12. The van der Waals surface area contributed by atoms with E-state index in [1.807, 2.05) is 30.7 Å². The highest BCUT2D eigenvalue weighted by atomic mass is 35.5. The third-order valence-corrected chi connectivity index (χ3v) is 7.10. The first-order valence-corrected chi connectivity index (χ1v) is 10.5. The molecule has 0 aliphatic carbocycles. The molecule has 9 heteroatoms. The third-order valence-electron chi connectivity index (χ3n) is 4.22. The van der Waals surface area contributed by atoms with Gasteiger partial charge in [-0.1, -0.05) is 29.0 Å². The van der Waals surface area contributed by atoms with Crippen molar-refractivity contribution in [3.8, 4) is 0 Å². The van der Waals surface area contributed by atoms with Crippen molar-refractivity contribution in [3.05, 3.63) is 27.5 Å². The Bertz CT molecular complexity index is 991. The van der Waals surface area contributed by atoms with E-state index in [9.17, 15) is 13.2 Å². The maximum absolute atomic E-state index is 12.6. The van der Waals surface area contributed by atoms with Gasteiger partial charge in [0.15, 0.2) is 4.80 Å². The Labute approximate surface area is 149 Å². The van der Waals surface area contributed by atoms with Crippen LogP contribution in [0.3, 0.4) is 0 Å². The van der Waals surface area contributed by atoms with E-state index in [2.05, 4.69) is 4.99 Å². The van der Waals surface area contributed by atoms with E-state index in [1.54, 1.807) is 0 Å². The molecule has 0 radical (unpaired) electrons. The molecule has 1 aliphatic heterocycles. The minimum atomic E-state index is -3.41. The Kier molecular flexibility index (Phi) is 4.59. The number of nitrogens with zero attached hydrogens (tertiary/aromatic N) is 3. The number of thiazole rings is 1. The fourth-order valence-corrected chi connectivity index (χ4v) is 5.56. The van der Waals surface area contributed by atoms with E-state index in [0.717, 1.165) is 22.0 Å². The highest BCUT2D eigenvalue weighted by Crippen LogP contribution is 2.28. The van der Waals surface area contributed by atoms with E-state index in [4.69, 9.17) is 11.6 Å². The van der Waals surface area contributed by atoms with Crippen molar-refractivity contribution in [2.75, 3.05) is 12.8 Å². The monoisotopic (exact) mass is 387 g/mol. The van der Waals surface area contributed by atoms with Gasteiger partial charge in [-0.3, -0.25) is 4.79 Å². The van der Waals surface area contributed by atoms with Crippen molar-refractivity contribution in [3.63, 3.8) is 0 Å². The number of fused-ring (bicyclic) bond motifs is 1. The maximum atomic E-state index is 12.6. The third kappa shape index (κ3) is 3.03. The summed E-state index contributed by atoms with van der Waals surface area (Å²) in [6.07, 6.45) is 2.30. The molecule has 1 aliphatic rings. The van der Waals surface area contributed by atoms with Crippen molar-refractivity contribution in [2.24, 2.45) is 12.0 Å². The highest BCUT2D eigenvalue weighted by Gasteiger charge is 2.36. The van der Waals surface area contributed by atoms with Crippen molar-refractivity contribution in [2.45, 2.75) is 25.8 Å². The molecule has 1 aromatic heterocycles. The molecular formula is C15H18ClN3O3S2. The van der Waals surface area contributed by atoms with Gasteiger partial charge in [-0.05, 0) is 31.4 Å². The summed E-state index contributed by atoms with van der Waals surface area (Å²) in [6.45, 7) is 2.34. The molecule has 1 amide bonds. The summed E-state index contributed by atoms with van der Waals surface area (Å²) in [6, 6.07) is 3.04. The van der Waals surface area contributed by atoms with Gasteiger partial charge in [-0.2, -0.15) is 9.30 Å². The Morgan fingerprint density at radius 1 is 1.42 bits per heavy atom. The number of carbonyl (C=O) groups excluding carboxylic acids is 1. The molecule has 0 N–H and O–H groups in total. The molecule has 1 fully saturated rings. The average Bonchev–Trinajstić information content (AvgIpc) is 3.09. The first kappa shape index (κ1) is 17.6. The maximum Gasteiger partial charge on any atom is 0.266 e. The zero-order valence-electron chi connectivity index (χ0n) is 13.6. The lowest BCUT2D eigenvalue weighted by Crippen LogP contribution is -2.39. The predicted molar refractivity (Wildman–Crippen MR) is 95.7 cm³/mol. The lowest BCUT2D eigenvalue weighted by Gasteiger charge is -2.18. The highest BCUT2D eigenvalue weighted by molar-refractivity contribution is 7.88. The summed E-state index contributed by atoms with van der Waals surface area (Å²) < 4.78 is 27.6. The molecule has 0 saturated carbocycles. The summed E-state index contributed by atoms with van der Waals surface area (Å²) >= 11 is 7.58. The smallest absolute Gasteiger partial charge is 0.266 e. The van der Waals surface area contributed by atoms with Crippen molar-refractivity contribution in [1.29, 1.82) is 0 Å². The average molecular weight is 388 g/mol. The fourth-order valence-electron chi connectivity index (χ4n) is 3.06. The van der Waals surface area contributed by atoms with Crippen LogP contribution >= 0.6 is 22.9 Å². The molecule has 1 atom stereocenters. The Hall–Kier alpha value is -1.22. The number of carbonyl (C=O) groups is 1. The van der Waals surface area contributed by atoms with Gasteiger partial charge in [0.25, 0.3) is 5.91 Å². The second kappa shape index (κ2) is 6.25. The zero-order valence-corrected chi connectivity index (χ0v) is 16.0. The number of rotatable bonds is 2. The second-order valence-electron chi connectivity index (χ2n) is 5.97. The molecule has 1 saturated heterocycles. The van der Waals surface area contributed by atoms with E-state index in [-0.39, 0.29) is 0 Å². The predicted octanol–water partition coefficient (Wildman–Crippen LogP) is 2.05. The summed E-state index contributed by atoms with van der Waals surface area (Å²) in [7, 11) is -1.58. The molecule has 6 nitrogen and oxygen atoms in total. The summed E-state index contributed by atoms with van der Waals surface area (Å²) in [5, 5.41) is 0.615. The van der Waals surface area contributed by atoms with E-state index < -0.39 is 22.0 Å². The number of amides is 1. The van der Waals surface area contributed by atoms with Crippen molar-refractivity contribution < 1.29 is 13.2 Å². The molecule has 2 heterocycles. The fraction of sp³-hybridized carbons (Fsp3) is 0.467. The largest absolute Gasteiger partial charge is 0.319 e. The van der Waals surface area contributed by atoms with Crippen LogP contribution in [0, 0.1) is 6.92 Å². The molecule has 130 valence electrons. The number of benzene rings is 1. The number of halogens is 1. The first-order valence-electron chi connectivity index (χ1n) is 7.50. The topological polar surface area (TPSA) is 71.7 Å². The number of sulfonamides is 1. The minimum absolute atomic E-state index is 0.369. The van der Waals surface area contributed by atoms with Crippen LogP contribution in [0.25, 0.3) is 10.2 Å². The van der Waals surface area contributed by atoms with Gasteiger partial charge < -0.3 is 4.57 Å². The van der Waals surface area contributed by atoms with E-state index in [1.165, 1.54) is 15.6 Å². The van der Waals surface area contributed by atoms with Crippen LogP contribution < -0.4 is 4.80 Å². The van der Waals surface area contributed by atoms with E-state index in [0.29, 0.717) is 29.2 Å². The summed E-state index contributed by atoms with van der Waals surface area (Å²) in [4.78, 5) is 17.3. The van der Waals surface area contributed by atoms with Gasteiger partial charge >= 0.3 is 0 Å². The van der Waals surface area contributed by atoms with Crippen LogP contribution in [-0.4, -0.2) is 42.0 Å². The summed E-state index contributed by atoms with van der Waals surface area (Å²) in [5.41, 5.74) is 1.98. The molecule has 3 rings (SSSR count). The lowest BCUT2D eigenvalue weighted by molar-refractivity contribution is -0.121. The van der Waals surface area contributed by atoms with Crippen LogP contribution in [0.2, 0.25) is 5.02 Å². The Morgan fingerprint density at radius 3 is 2.75 bits per heavy atom. The van der Waals surface area contributed by atoms with Crippen LogP contribution in [0.4, 0.5) is 0 Å². The van der Waals surface area contributed by atoms with Crippen LogP contribution in [0.15, 0.2) is 17.1 Å². The molecule has 0 bridgehead atoms. The van der Waals surface area contributed by atoms with Gasteiger partial charge in [0, 0.05) is 13.6 Å². The quantitative estimate of drug-likeness (QED) is 0.791. The molecule has 2 aromatic rings. The molecular weight excluding hydrogens is 370 g/mol. The molecule has 1 aromatic carbocycles. The second-order valence-corrected chi connectivity index (χ2v) is 9.29. The van der Waals surface area contributed by atoms with Gasteiger partial charge in [-0.25, -0.2) is 8.42 Å². The Morgan fingerprint density at radius 2 is 2.12 bits per heavy atom. The summed E-state index contributed by atoms with van der Waals surface area (Å²) in [5.74, 6) is -0.422. The van der Waals surface area contributed by atoms with Gasteiger partial charge in [0.05, 0.1) is 21.5 Å².